The van der Waals surface area contributed by atoms with Gasteiger partial charge in [-0.05, 0) is 29.8 Å². The molecule has 3 rings (SSSR count). The number of fused-ring (bicyclic) bond motifs is 1. The number of hydrogen-bond donors (Lipinski definition) is 1. The highest BCUT2D eigenvalue weighted by Gasteiger charge is 2.20. The molecule has 4 heteroatoms. The van der Waals surface area contributed by atoms with Gasteiger partial charge in [-0.15, -0.1) is 0 Å². The Morgan fingerprint density at radius 3 is 2.75 bits per heavy atom. The van der Waals surface area contributed by atoms with Crippen molar-refractivity contribution in [3.05, 3.63) is 42.2 Å². The van der Waals surface area contributed by atoms with Crippen LogP contribution in [0.15, 0.2) is 41.0 Å². The number of benzene rings is 1. The third kappa shape index (κ3) is 1.93. The molecule has 0 saturated heterocycles. The second-order valence-electron chi connectivity index (χ2n) is 5.76. The zero-order valence-corrected chi connectivity index (χ0v) is 12.1. The minimum Gasteiger partial charge on any atom is -0.461 e. The molecule has 3 aromatic rings. The summed E-state index contributed by atoms with van der Waals surface area (Å²) in [5, 5.41) is 0. The van der Waals surface area contributed by atoms with Crippen molar-refractivity contribution in [2.45, 2.75) is 19.3 Å². The third-order valence-electron chi connectivity index (χ3n) is 3.91. The Bertz CT molecular complexity index is 739. The normalized spacial score (nSPS) is 12.2. The first kappa shape index (κ1) is 12.9. The minimum absolute atomic E-state index is 0.0451. The van der Waals surface area contributed by atoms with Gasteiger partial charge in [0, 0.05) is 19.0 Å². The van der Waals surface area contributed by atoms with Crippen LogP contribution >= 0.6 is 0 Å². The molecule has 0 atom stereocenters. The summed E-state index contributed by atoms with van der Waals surface area (Å²) in [6, 6.07) is 10.1. The molecule has 104 valence electrons. The Morgan fingerprint density at radius 2 is 2.10 bits per heavy atom. The topological polar surface area (TPSA) is 57.0 Å². The molecule has 0 unspecified atom stereocenters. The number of imidazole rings is 1. The van der Waals surface area contributed by atoms with Crippen LogP contribution in [0.1, 0.15) is 19.4 Å². The molecule has 0 aliphatic carbocycles. The van der Waals surface area contributed by atoms with Gasteiger partial charge < -0.3 is 14.7 Å². The molecule has 0 saturated carbocycles. The van der Waals surface area contributed by atoms with Gasteiger partial charge in [0.15, 0.2) is 11.6 Å². The number of aryl methyl sites for hydroxylation is 1. The maximum absolute atomic E-state index is 5.85. The summed E-state index contributed by atoms with van der Waals surface area (Å²) in [6.07, 6.45) is 1.66. The van der Waals surface area contributed by atoms with Crippen molar-refractivity contribution >= 4 is 11.0 Å². The quantitative estimate of drug-likeness (QED) is 0.795. The Balaban J connectivity index is 2.17. The number of furan rings is 1. The standard InChI is InChI=1S/C16H19N3O/c1-16(2,10-17)11-6-7-13-12(9-11)18-15(19(13)3)14-5-4-8-20-14/h4-9H,10,17H2,1-3H3. The average Bonchev–Trinajstić information content (AvgIpc) is 3.06. The Hall–Kier alpha value is -2.07. The van der Waals surface area contributed by atoms with E-state index in [4.69, 9.17) is 15.1 Å². The van der Waals surface area contributed by atoms with Crippen LogP contribution in [0, 0.1) is 0 Å². The van der Waals surface area contributed by atoms with E-state index >= 15 is 0 Å². The van der Waals surface area contributed by atoms with Gasteiger partial charge in [-0.3, -0.25) is 0 Å². The van der Waals surface area contributed by atoms with Crippen molar-refractivity contribution in [2.75, 3.05) is 6.54 Å². The zero-order chi connectivity index (χ0) is 14.3. The number of nitrogens with two attached hydrogens (primary N) is 1. The van der Waals surface area contributed by atoms with Gasteiger partial charge in [0.05, 0.1) is 17.3 Å². The summed E-state index contributed by atoms with van der Waals surface area (Å²) >= 11 is 0. The highest BCUT2D eigenvalue weighted by Crippen LogP contribution is 2.28. The van der Waals surface area contributed by atoms with E-state index in [1.54, 1.807) is 6.26 Å². The molecule has 20 heavy (non-hydrogen) atoms. The van der Waals surface area contributed by atoms with Crippen LogP contribution in [-0.4, -0.2) is 16.1 Å². The predicted octanol–water partition coefficient (Wildman–Crippen LogP) is 3.07. The molecule has 0 amide bonds. The van der Waals surface area contributed by atoms with E-state index < -0.39 is 0 Å². The van der Waals surface area contributed by atoms with Gasteiger partial charge in [-0.1, -0.05) is 19.9 Å². The maximum Gasteiger partial charge on any atom is 0.176 e. The molecule has 2 heterocycles. The van der Waals surface area contributed by atoms with Gasteiger partial charge in [0.1, 0.15) is 0 Å². The smallest absolute Gasteiger partial charge is 0.176 e. The second kappa shape index (κ2) is 4.49. The van der Waals surface area contributed by atoms with Gasteiger partial charge >= 0.3 is 0 Å². The van der Waals surface area contributed by atoms with Crippen molar-refractivity contribution in [3.8, 4) is 11.6 Å². The summed E-state index contributed by atoms with van der Waals surface area (Å²) in [4.78, 5) is 4.69. The van der Waals surface area contributed by atoms with Crippen LogP contribution < -0.4 is 5.73 Å². The average molecular weight is 269 g/mol. The largest absolute Gasteiger partial charge is 0.461 e. The number of aromatic nitrogens is 2. The lowest BCUT2D eigenvalue weighted by Crippen LogP contribution is -2.27. The first-order valence-corrected chi connectivity index (χ1v) is 6.74. The molecule has 0 bridgehead atoms. The molecule has 2 N–H and O–H groups in total. The van der Waals surface area contributed by atoms with Crippen LogP contribution in [0.3, 0.4) is 0 Å². The fraction of sp³-hybridized carbons (Fsp3) is 0.312. The van der Waals surface area contributed by atoms with E-state index in [1.165, 1.54) is 5.56 Å². The van der Waals surface area contributed by atoms with E-state index in [1.807, 2.05) is 23.7 Å². The van der Waals surface area contributed by atoms with Crippen LogP contribution in [0.2, 0.25) is 0 Å². The van der Waals surface area contributed by atoms with Crippen LogP contribution in [0.5, 0.6) is 0 Å². The molecule has 0 aliphatic heterocycles. The fourth-order valence-corrected chi connectivity index (χ4v) is 2.36. The van der Waals surface area contributed by atoms with E-state index in [9.17, 15) is 0 Å². The number of hydrogen-bond acceptors (Lipinski definition) is 3. The molecule has 0 fully saturated rings. The van der Waals surface area contributed by atoms with Crippen LogP contribution in [0.4, 0.5) is 0 Å². The lowest BCUT2D eigenvalue weighted by molar-refractivity contribution is 0.539. The number of nitrogens with zero attached hydrogens (tertiary/aromatic N) is 2. The van der Waals surface area contributed by atoms with Gasteiger partial charge in [-0.2, -0.15) is 0 Å². The second-order valence-corrected chi connectivity index (χ2v) is 5.76. The maximum atomic E-state index is 5.85. The van der Waals surface area contributed by atoms with E-state index in [-0.39, 0.29) is 5.41 Å². The van der Waals surface area contributed by atoms with Crippen LogP contribution in [-0.2, 0) is 12.5 Å². The molecule has 2 aromatic heterocycles. The lowest BCUT2D eigenvalue weighted by Gasteiger charge is -2.22. The van der Waals surface area contributed by atoms with Gasteiger partial charge in [-0.25, -0.2) is 4.98 Å². The third-order valence-corrected chi connectivity index (χ3v) is 3.91. The number of rotatable bonds is 3. The van der Waals surface area contributed by atoms with E-state index in [0.29, 0.717) is 6.54 Å². The summed E-state index contributed by atoms with van der Waals surface area (Å²) in [7, 11) is 2.00. The fourth-order valence-electron chi connectivity index (χ4n) is 2.36. The summed E-state index contributed by atoms with van der Waals surface area (Å²) in [5.74, 6) is 1.62. The van der Waals surface area contributed by atoms with Crippen molar-refractivity contribution in [1.82, 2.24) is 9.55 Å². The first-order chi connectivity index (χ1) is 9.53. The molecular weight excluding hydrogens is 250 g/mol. The molecule has 0 spiro atoms. The summed E-state index contributed by atoms with van der Waals surface area (Å²) in [6.45, 7) is 4.89. The van der Waals surface area contributed by atoms with Crippen molar-refractivity contribution < 1.29 is 4.42 Å². The highest BCUT2D eigenvalue weighted by molar-refractivity contribution is 5.80. The lowest BCUT2D eigenvalue weighted by atomic mass is 9.85. The highest BCUT2D eigenvalue weighted by atomic mass is 16.3. The predicted molar refractivity (Wildman–Crippen MR) is 80.5 cm³/mol. The Labute approximate surface area is 118 Å². The van der Waals surface area contributed by atoms with E-state index in [0.717, 1.165) is 22.6 Å². The van der Waals surface area contributed by atoms with E-state index in [2.05, 4.69) is 32.0 Å². The summed E-state index contributed by atoms with van der Waals surface area (Å²) < 4.78 is 7.49. The molecule has 4 nitrogen and oxygen atoms in total. The molecule has 0 radical (unpaired) electrons. The van der Waals surface area contributed by atoms with Crippen LogP contribution in [0.25, 0.3) is 22.6 Å². The molecule has 1 aromatic carbocycles. The zero-order valence-electron chi connectivity index (χ0n) is 12.1. The van der Waals surface area contributed by atoms with Gasteiger partial charge in [0.25, 0.3) is 0 Å². The van der Waals surface area contributed by atoms with Crippen molar-refractivity contribution in [3.63, 3.8) is 0 Å². The van der Waals surface area contributed by atoms with Gasteiger partial charge in [0.2, 0.25) is 0 Å². The van der Waals surface area contributed by atoms with Crippen molar-refractivity contribution in [2.24, 2.45) is 12.8 Å². The Kier molecular flexibility index (Phi) is 2.91. The SMILES string of the molecule is Cn1c(-c2ccco2)nc2cc(C(C)(C)CN)ccc21. The minimum atomic E-state index is -0.0451. The first-order valence-electron chi connectivity index (χ1n) is 6.74. The monoisotopic (exact) mass is 269 g/mol. The Morgan fingerprint density at radius 1 is 1.30 bits per heavy atom. The molecular formula is C16H19N3O. The summed E-state index contributed by atoms with van der Waals surface area (Å²) in [5.41, 5.74) is 9.08. The van der Waals surface area contributed by atoms with Crippen molar-refractivity contribution in [1.29, 1.82) is 0 Å². The molecule has 0 aliphatic rings.